The zero-order valence-electron chi connectivity index (χ0n) is 11.4. The average Bonchev–Trinajstić information content (AvgIpc) is 2.27. The number of hydrogen-bond acceptors (Lipinski definition) is 3. The molecule has 5 nitrogen and oxygen atoms in total. The molecule has 0 aliphatic carbocycles. The van der Waals surface area contributed by atoms with Crippen LogP contribution in [0.25, 0.3) is 0 Å². The van der Waals surface area contributed by atoms with E-state index in [9.17, 15) is 8.42 Å². The van der Waals surface area contributed by atoms with Crippen LogP contribution in [0.1, 0.15) is 40.5 Å². The monoisotopic (exact) mass is 265 g/mol. The van der Waals surface area contributed by atoms with Gasteiger partial charge in [0.25, 0.3) is 10.2 Å². The van der Waals surface area contributed by atoms with Crippen molar-refractivity contribution in [3.63, 3.8) is 0 Å². The van der Waals surface area contributed by atoms with Crippen LogP contribution in [0.15, 0.2) is 0 Å². The van der Waals surface area contributed by atoms with Crippen LogP contribution in [0.4, 0.5) is 0 Å². The molecule has 0 bridgehead atoms. The van der Waals surface area contributed by atoms with Crippen LogP contribution in [-0.2, 0) is 10.2 Å². The standard InChI is InChI=1S/C11H27N3O2S/c1-5-11(6-2)14(8-7-12)17(15,16)13-9-10(3)4/h10-11,13H,5-9,12H2,1-4H3. The SMILES string of the molecule is CCC(CC)N(CCN)S(=O)(=O)NCC(C)C. The predicted octanol–water partition coefficient (Wildman–Crippen LogP) is 0.926. The summed E-state index contributed by atoms with van der Waals surface area (Å²) in [4.78, 5) is 0. The molecule has 0 aromatic heterocycles. The molecule has 6 heteroatoms. The normalized spacial score (nSPS) is 12.9. The van der Waals surface area contributed by atoms with Gasteiger partial charge in [0.2, 0.25) is 0 Å². The maximum atomic E-state index is 12.1. The fourth-order valence-electron chi connectivity index (χ4n) is 1.68. The first-order valence-corrected chi connectivity index (χ1v) is 7.79. The maximum Gasteiger partial charge on any atom is 0.279 e. The highest BCUT2D eigenvalue weighted by atomic mass is 32.2. The van der Waals surface area contributed by atoms with Crippen LogP contribution in [0, 0.1) is 5.92 Å². The second-order valence-electron chi connectivity index (χ2n) is 4.62. The molecule has 0 saturated heterocycles. The quantitative estimate of drug-likeness (QED) is 0.651. The molecule has 0 radical (unpaired) electrons. The van der Waals surface area contributed by atoms with E-state index in [0.717, 1.165) is 12.8 Å². The molecule has 0 aliphatic heterocycles. The smallest absolute Gasteiger partial charge is 0.279 e. The Balaban J connectivity index is 4.77. The van der Waals surface area contributed by atoms with Crippen molar-refractivity contribution < 1.29 is 8.42 Å². The van der Waals surface area contributed by atoms with Crippen molar-refractivity contribution in [2.24, 2.45) is 11.7 Å². The number of nitrogens with two attached hydrogens (primary N) is 1. The highest BCUT2D eigenvalue weighted by Gasteiger charge is 2.26. The van der Waals surface area contributed by atoms with Crippen LogP contribution in [-0.4, -0.2) is 38.4 Å². The first kappa shape index (κ1) is 16.8. The van der Waals surface area contributed by atoms with Gasteiger partial charge in [-0.05, 0) is 18.8 Å². The molecule has 0 heterocycles. The molecule has 3 N–H and O–H groups in total. The third-order valence-corrected chi connectivity index (χ3v) is 4.31. The first-order chi connectivity index (χ1) is 7.88. The van der Waals surface area contributed by atoms with Gasteiger partial charge in [0, 0.05) is 25.7 Å². The van der Waals surface area contributed by atoms with Gasteiger partial charge in [-0.15, -0.1) is 0 Å². The van der Waals surface area contributed by atoms with Gasteiger partial charge in [0.15, 0.2) is 0 Å². The largest absolute Gasteiger partial charge is 0.329 e. The second-order valence-corrected chi connectivity index (χ2v) is 6.32. The molecule has 0 atom stereocenters. The van der Waals surface area contributed by atoms with Gasteiger partial charge in [-0.2, -0.15) is 12.7 Å². The van der Waals surface area contributed by atoms with Gasteiger partial charge in [-0.25, -0.2) is 4.72 Å². The molecule has 0 saturated carbocycles. The molecule has 0 aromatic carbocycles. The Kier molecular flexibility index (Phi) is 7.94. The lowest BCUT2D eigenvalue weighted by Gasteiger charge is -2.29. The van der Waals surface area contributed by atoms with Crippen LogP contribution >= 0.6 is 0 Å². The molecule has 0 spiro atoms. The molecular formula is C11H27N3O2S. The minimum atomic E-state index is -3.40. The first-order valence-electron chi connectivity index (χ1n) is 6.35. The fraction of sp³-hybridized carbons (Fsp3) is 1.00. The summed E-state index contributed by atoms with van der Waals surface area (Å²) < 4.78 is 28.4. The molecule has 0 aromatic rings. The van der Waals surface area contributed by atoms with Crippen LogP contribution in [0.5, 0.6) is 0 Å². The van der Waals surface area contributed by atoms with Gasteiger partial charge in [0.1, 0.15) is 0 Å². The number of hydrogen-bond donors (Lipinski definition) is 2. The Morgan fingerprint density at radius 2 is 1.76 bits per heavy atom. The van der Waals surface area contributed by atoms with Crippen molar-refractivity contribution in [3.05, 3.63) is 0 Å². The molecular weight excluding hydrogens is 238 g/mol. The summed E-state index contributed by atoms with van der Waals surface area (Å²) in [6.45, 7) is 9.13. The van der Waals surface area contributed by atoms with Gasteiger partial charge in [0.05, 0.1) is 0 Å². The summed E-state index contributed by atoms with van der Waals surface area (Å²) in [7, 11) is -3.40. The Hall–Kier alpha value is -0.170. The highest BCUT2D eigenvalue weighted by Crippen LogP contribution is 2.12. The minimum Gasteiger partial charge on any atom is -0.329 e. The Morgan fingerprint density at radius 3 is 2.12 bits per heavy atom. The summed E-state index contributed by atoms with van der Waals surface area (Å²) in [5.41, 5.74) is 5.50. The minimum absolute atomic E-state index is 0.0308. The highest BCUT2D eigenvalue weighted by molar-refractivity contribution is 7.87. The van der Waals surface area contributed by atoms with Crippen molar-refractivity contribution in [2.75, 3.05) is 19.6 Å². The molecule has 104 valence electrons. The summed E-state index contributed by atoms with van der Waals surface area (Å²) in [6.07, 6.45) is 1.61. The van der Waals surface area contributed by atoms with E-state index >= 15 is 0 Å². The second kappa shape index (κ2) is 8.02. The zero-order chi connectivity index (χ0) is 13.5. The molecule has 0 rings (SSSR count). The fourth-order valence-corrected chi connectivity index (χ4v) is 3.42. The third-order valence-electron chi connectivity index (χ3n) is 2.68. The van der Waals surface area contributed by atoms with Crippen LogP contribution < -0.4 is 10.5 Å². The third kappa shape index (κ3) is 5.81. The number of nitrogens with zero attached hydrogens (tertiary/aromatic N) is 1. The van der Waals surface area contributed by atoms with E-state index in [1.807, 2.05) is 27.7 Å². The lowest BCUT2D eigenvalue weighted by Crippen LogP contribution is -2.49. The number of nitrogens with one attached hydrogen (secondary N) is 1. The van der Waals surface area contributed by atoms with E-state index in [-0.39, 0.29) is 6.04 Å². The van der Waals surface area contributed by atoms with Gasteiger partial charge in [-0.1, -0.05) is 27.7 Å². The molecule has 17 heavy (non-hydrogen) atoms. The van der Waals surface area contributed by atoms with Crippen LogP contribution in [0.2, 0.25) is 0 Å². The van der Waals surface area contributed by atoms with Crippen molar-refractivity contribution >= 4 is 10.2 Å². The van der Waals surface area contributed by atoms with Crippen molar-refractivity contribution in [3.8, 4) is 0 Å². The van der Waals surface area contributed by atoms with Gasteiger partial charge >= 0.3 is 0 Å². The molecule has 0 amide bonds. The van der Waals surface area contributed by atoms with Crippen molar-refractivity contribution in [2.45, 2.75) is 46.6 Å². The van der Waals surface area contributed by atoms with Crippen LogP contribution in [0.3, 0.4) is 0 Å². The lowest BCUT2D eigenvalue weighted by atomic mass is 10.2. The summed E-state index contributed by atoms with van der Waals surface area (Å²) >= 11 is 0. The molecule has 0 aliphatic rings. The lowest BCUT2D eigenvalue weighted by molar-refractivity contribution is 0.304. The van der Waals surface area contributed by atoms with E-state index in [4.69, 9.17) is 5.73 Å². The van der Waals surface area contributed by atoms with E-state index in [1.54, 1.807) is 0 Å². The summed E-state index contributed by atoms with van der Waals surface area (Å²) in [5, 5.41) is 0. The summed E-state index contributed by atoms with van der Waals surface area (Å²) in [5.74, 6) is 0.297. The van der Waals surface area contributed by atoms with E-state index in [1.165, 1.54) is 4.31 Å². The van der Waals surface area contributed by atoms with Crippen molar-refractivity contribution in [1.29, 1.82) is 0 Å². The van der Waals surface area contributed by atoms with Gasteiger partial charge < -0.3 is 5.73 Å². The van der Waals surface area contributed by atoms with Crippen molar-refractivity contribution in [1.82, 2.24) is 9.03 Å². The zero-order valence-corrected chi connectivity index (χ0v) is 12.3. The Labute approximate surface area is 106 Å². The molecule has 0 unspecified atom stereocenters. The Bertz CT molecular complexity index is 287. The van der Waals surface area contributed by atoms with E-state index in [2.05, 4.69) is 4.72 Å². The van der Waals surface area contributed by atoms with E-state index < -0.39 is 10.2 Å². The average molecular weight is 265 g/mol. The summed E-state index contributed by atoms with van der Waals surface area (Å²) in [6, 6.07) is 0.0308. The molecule has 0 fully saturated rings. The maximum absolute atomic E-state index is 12.1. The van der Waals surface area contributed by atoms with Gasteiger partial charge in [-0.3, -0.25) is 0 Å². The topological polar surface area (TPSA) is 75.4 Å². The predicted molar refractivity (Wildman–Crippen MR) is 71.9 cm³/mol. The Morgan fingerprint density at radius 1 is 1.24 bits per heavy atom. The number of rotatable bonds is 9. The van der Waals surface area contributed by atoms with E-state index in [0.29, 0.717) is 25.6 Å².